The van der Waals surface area contributed by atoms with Gasteiger partial charge in [0.2, 0.25) is 0 Å². The summed E-state index contributed by atoms with van der Waals surface area (Å²) < 4.78 is 2.77. The Bertz CT molecular complexity index is 1210. The van der Waals surface area contributed by atoms with Gasteiger partial charge in [0.1, 0.15) is 0 Å². The highest BCUT2D eigenvalue weighted by atomic mass is 79.9. The predicted molar refractivity (Wildman–Crippen MR) is 146 cm³/mol. The van der Waals surface area contributed by atoms with Crippen LogP contribution in [0.2, 0.25) is 0 Å². The average molecular weight is 540 g/mol. The third-order valence-electron chi connectivity index (χ3n) is 6.35. The molecule has 4 rings (SSSR count). The third kappa shape index (κ3) is 6.83. The number of allylic oxidation sites excluding steroid dienone is 5. The molecule has 3 aromatic rings. The number of hydrogen-bond donors (Lipinski definition) is 2. The lowest BCUT2D eigenvalue weighted by atomic mass is 9.92. The maximum atomic E-state index is 10.00. The summed E-state index contributed by atoms with van der Waals surface area (Å²) in [5.41, 5.74) is 5.20. The molecule has 0 spiro atoms. The maximum absolute atomic E-state index is 10.00. The molecule has 0 amide bonds. The van der Waals surface area contributed by atoms with Gasteiger partial charge < -0.3 is 10.2 Å². The summed E-state index contributed by atoms with van der Waals surface area (Å²) in [5.74, 6) is 0.356. The van der Waals surface area contributed by atoms with E-state index >= 15 is 0 Å². The van der Waals surface area contributed by atoms with E-state index in [1.54, 1.807) is 18.3 Å². The van der Waals surface area contributed by atoms with Crippen LogP contribution in [0.15, 0.2) is 71.4 Å². The lowest BCUT2D eigenvalue weighted by molar-refractivity contribution is 0.201. The van der Waals surface area contributed by atoms with Gasteiger partial charge in [-0.1, -0.05) is 55.5 Å². The van der Waals surface area contributed by atoms with E-state index < -0.39 is 0 Å². The van der Waals surface area contributed by atoms with Gasteiger partial charge in [0, 0.05) is 29.4 Å². The minimum Gasteiger partial charge on any atom is -0.504 e. The largest absolute Gasteiger partial charge is 0.504 e. The van der Waals surface area contributed by atoms with Gasteiger partial charge in [-0.15, -0.1) is 0 Å². The molecule has 0 atom stereocenters. The minimum absolute atomic E-state index is 0.0112. The maximum Gasteiger partial charge on any atom is 0.169 e. The fraction of sp³-hybridized carbons (Fsp3) is 0.357. The molecule has 0 bridgehead atoms. The second-order valence-corrected chi connectivity index (χ2v) is 9.55. The molecule has 1 fully saturated rings. The predicted octanol–water partition coefficient (Wildman–Crippen LogP) is 6.68. The Balaban J connectivity index is 0.000000327. The van der Waals surface area contributed by atoms with Crippen LogP contribution in [0.5, 0.6) is 11.5 Å². The number of phenols is 2. The van der Waals surface area contributed by atoms with Crippen molar-refractivity contribution in [1.29, 1.82) is 0 Å². The monoisotopic (exact) mass is 538 g/mol. The van der Waals surface area contributed by atoms with Crippen LogP contribution < -0.4 is 0 Å². The van der Waals surface area contributed by atoms with E-state index in [0.29, 0.717) is 12.5 Å². The summed E-state index contributed by atoms with van der Waals surface area (Å²) in [6.07, 6.45) is 12.9. The van der Waals surface area contributed by atoms with Crippen molar-refractivity contribution >= 4 is 21.6 Å². The third-order valence-corrected chi connectivity index (χ3v) is 6.91. The van der Waals surface area contributed by atoms with E-state index in [9.17, 15) is 10.2 Å². The molecule has 1 aliphatic heterocycles. The number of benzene rings is 1. The Morgan fingerprint density at radius 1 is 1.26 bits per heavy atom. The van der Waals surface area contributed by atoms with Crippen molar-refractivity contribution in [2.45, 2.75) is 52.5 Å². The number of aromatic nitrogens is 3. The van der Waals surface area contributed by atoms with Crippen molar-refractivity contribution < 1.29 is 10.2 Å². The quantitative estimate of drug-likeness (QED) is 0.270. The number of para-hydroxylation sites is 1. The summed E-state index contributed by atoms with van der Waals surface area (Å²) in [7, 11) is 0. The molecule has 1 saturated heterocycles. The number of nitrogens with zero attached hydrogens (tertiary/aromatic N) is 4. The molecule has 7 heteroatoms. The van der Waals surface area contributed by atoms with Crippen LogP contribution in [0.25, 0.3) is 5.65 Å². The van der Waals surface area contributed by atoms with Gasteiger partial charge in [0.05, 0.1) is 10.7 Å². The molecule has 0 unspecified atom stereocenters. The Kier molecular flexibility index (Phi) is 9.69. The van der Waals surface area contributed by atoms with Crippen molar-refractivity contribution in [2.75, 3.05) is 13.1 Å². The summed E-state index contributed by atoms with van der Waals surface area (Å²) in [6, 6.07) is 7.26. The second-order valence-electron chi connectivity index (χ2n) is 8.70. The van der Waals surface area contributed by atoms with Crippen LogP contribution in [0.4, 0.5) is 0 Å². The molecule has 3 heterocycles. The van der Waals surface area contributed by atoms with E-state index in [1.807, 2.05) is 23.6 Å². The number of hydrogen-bond acceptors (Lipinski definition) is 5. The summed E-state index contributed by atoms with van der Waals surface area (Å²) in [5, 5.41) is 24.0. The molecule has 186 valence electrons. The van der Waals surface area contributed by atoms with E-state index in [2.05, 4.69) is 64.6 Å². The molecule has 0 saturated carbocycles. The molecule has 2 aromatic heterocycles. The van der Waals surface area contributed by atoms with E-state index in [-0.39, 0.29) is 11.5 Å². The SMILES string of the molecule is C=C/C=C\C(=C/C)CC.Cc1cc(C2CCN(Cc3cccc(O)c3O)CC2)nc2c(Br)cnn12. The van der Waals surface area contributed by atoms with Crippen LogP contribution in [0.3, 0.4) is 0 Å². The smallest absolute Gasteiger partial charge is 0.169 e. The molecule has 0 radical (unpaired) electrons. The first kappa shape index (κ1) is 26.7. The highest BCUT2D eigenvalue weighted by molar-refractivity contribution is 9.10. The van der Waals surface area contributed by atoms with Crippen LogP contribution in [0, 0.1) is 6.92 Å². The van der Waals surface area contributed by atoms with E-state index in [4.69, 9.17) is 4.98 Å². The molecule has 1 aromatic carbocycles. The Labute approximate surface area is 216 Å². The lowest BCUT2D eigenvalue weighted by Crippen LogP contribution is -2.32. The molecule has 0 aliphatic carbocycles. The van der Waals surface area contributed by atoms with Crippen molar-refractivity contribution in [3.05, 3.63) is 88.3 Å². The Morgan fingerprint density at radius 2 is 2.00 bits per heavy atom. The number of aromatic hydroxyl groups is 2. The number of piperidine rings is 1. The average Bonchev–Trinajstić information content (AvgIpc) is 3.25. The number of halogens is 1. The fourth-order valence-electron chi connectivity index (χ4n) is 4.26. The molecule has 6 nitrogen and oxygen atoms in total. The number of rotatable bonds is 6. The van der Waals surface area contributed by atoms with Gasteiger partial charge in [-0.05, 0) is 74.3 Å². The summed E-state index contributed by atoms with van der Waals surface area (Å²) in [4.78, 5) is 7.13. The highest BCUT2D eigenvalue weighted by Crippen LogP contribution is 2.32. The normalized spacial score (nSPS) is 15.4. The van der Waals surface area contributed by atoms with Crippen molar-refractivity contribution in [2.24, 2.45) is 0 Å². The Morgan fingerprint density at radius 3 is 2.66 bits per heavy atom. The Hall–Kier alpha value is -2.90. The lowest BCUT2D eigenvalue weighted by Gasteiger charge is -2.32. The first-order valence-corrected chi connectivity index (χ1v) is 12.8. The zero-order valence-electron chi connectivity index (χ0n) is 20.8. The van der Waals surface area contributed by atoms with Crippen molar-refractivity contribution in [1.82, 2.24) is 19.5 Å². The van der Waals surface area contributed by atoms with Gasteiger partial charge in [0.15, 0.2) is 17.1 Å². The molecule has 2 N–H and O–H groups in total. The minimum atomic E-state index is -0.0586. The molecular formula is C28H35BrN4O2. The van der Waals surface area contributed by atoms with Gasteiger partial charge in [0.25, 0.3) is 0 Å². The van der Waals surface area contributed by atoms with Gasteiger partial charge >= 0.3 is 0 Å². The second kappa shape index (κ2) is 12.7. The molecular weight excluding hydrogens is 504 g/mol. The molecule has 35 heavy (non-hydrogen) atoms. The summed E-state index contributed by atoms with van der Waals surface area (Å²) >= 11 is 3.52. The molecule has 1 aliphatic rings. The zero-order valence-corrected chi connectivity index (χ0v) is 22.4. The first-order valence-electron chi connectivity index (χ1n) is 12.0. The summed E-state index contributed by atoms with van der Waals surface area (Å²) in [6.45, 7) is 12.3. The van der Waals surface area contributed by atoms with Crippen molar-refractivity contribution in [3.63, 3.8) is 0 Å². The number of phenolic OH excluding ortho intramolecular Hbond substituents is 2. The first-order chi connectivity index (χ1) is 16.9. The van der Waals surface area contributed by atoms with Crippen LogP contribution in [-0.2, 0) is 6.54 Å². The van der Waals surface area contributed by atoms with Crippen LogP contribution in [-0.4, -0.2) is 42.8 Å². The van der Waals surface area contributed by atoms with Gasteiger partial charge in [-0.3, -0.25) is 4.90 Å². The van der Waals surface area contributed by atoms with Gasteiger partial charge in [-0.2, -0.15) is 5.10 Å². The zero-order chi connectivity index (χ0) is 25.4. The van der Waals surface area contributed by atoms with Crippen LogP contribution in [0.1, 0.15) is 56.0 Å². The number of fused-ring (bicyclic) bond motifs is 1. The van der Waals surface area contributed by atoms with Gasteiger partial charge in [-0.25, -0.2) is 9.50 Å². The van der Waals surface area contributed by atoms with E-state index in [0.717, 1.165) is 59.4 Å². The number of likely N-dealkylation sites (tertiary alicyclic amines) is 1. The highest BCUT2D eigenvalue weighted by Gasteiger charge is 2.23. The van der Waals surface area contributed by atoms with Crippen LogP contribution >= 0.6 is 15.9 Å². The standard InChI is InChI=1S/C19H21BrN4O2.C9H14/c1-12-9-16(22-19-15(20)10-21-24(12)19)13-5-7-23(8-6-13)11-14-3-2-4-17(25)18(14)26;1-4-7-8-9(5-2)6-3/h2-4,9-10,13,25-26H,5-8,11H2,1H3;4-5,7-8H,1,6H2,2-3H3/b;8-7-,9-5-. The van der Waals surface area contributed by atoms with E-state index in [1.165, 1.54) is 11.6 Å². The van der Waals surface area contributed by atoms with Crippen molar-refractivity contribution in [3.8, 4) is 11.5 Å². The topological polar surface area (TPSA) is 73.9 Å². The fourth-order valence-corrected chi connectivity index (χ4v) is 4.61. The number of aryl methyl sites for hydroxylation is 1.